The highest BCUT2D eigenvalue weighted by atomic mass is 16.5. The maximum atomic E-state index is 12.8. The molecule has 3 heteroatoms. The van der Waals surface area contributed by atoms with Gasteiger partial charge in [0.25, 0.3) is 0 Å². The average molecular weight is 434 g/mol. The molecule has 3 fully saturated rings. The first-order valence-corrected chi connectivity index (χ1v) is 13.0. The first kappa shape index (κ1) is 21.1. The number of hydrogen-bond donors (Lipinski definition) is 0. The molecule has 1 aromatic carbocycles. The summed E-state index contributed by atoms with van der Waals surface area (Å²) in [5, 5.41) is 12.8. The number of hydrogen-bond acceptors (Lipinski definition) is 2. The number of fused-ring (bicyclic) bond motifs is 1. The van der Waals surface area contributed by atoms with Gasteiger partial charge in [0, 0.05) is 12.8 Å². The van der Waals surface area contributed by atoms with Crippen molar-refractivity contribution in [2.45, 2.75) is 88.4 Å². The minimum absolute atomic E-state index is 0.0973. The second-order valence-corrected chi connectivity index (χ2v) is 12.2. The third-order valence-electron chi connectivity index (χ3n) is 10.4. The molecule has 2 aliphatic heterocycles. The van der Waals surface area contributed by atoms with Crippen LogP contribution in [0.15, 0.2) is 53.6 Å². The molecule has 172 valence electrons. The molecule has 0 unspecified atom stereocenters. The fourth-order valence-electron chi connectivity index (χ4n) is 8.47. The summed E-state index contributed by atoms with van der Waals surface area (Å²) in [6, 6.07) is 11.2. The molecule has 0 aromatic heterocycles. The van der Waals surface area contributed by atoms with Crippen LogP contribution in [0.1, 0.15) is 70.3 Å². The van der Waals surface area contributed by atoms with E-state index >= 15 is 0 Å². The first-order chi connectivity index (χ1) is 15.3. The molecule has 3 nitrogen and oxygen atoms in total. The fraction of sp³-hybridized carbons (Fsp3) is 0.655. The molecule has 0 N–H and O–H groups in total. The van der Waals surface area contributed by atoms with Gasteiger partial charge in [0.2, 0.25) is 0 Å². The zero-order valence-corrected chi connectivity index (χ0v) is 20.1. The number of hydroxylamine groups is 3. The summed E-state index contributed by atoms with van der Waals surface area (Å²) in [5.74, 6) is 1.38. The number of quaternary nitrogens is 1. The van der Waals surface area contributed by atoms with Gasteiger partial charge in [0.1, 0.15) is 0 Å². The van der Waals surface area contributed by atoms with Crippen molar-refractivity contribution in [3.05, 3.63) is 64.4 Å². The highest BCUT2D eigenvalue weighted by Crippen LogP contribution is 2.68. The molecule has 2 saturated carbocycles. The van der Waals surface area contributed by atoms with Gasteiger partial charge in [-0.3, -0.25) is 0 Å². The molecule has 5 aliphatic rings. The van der Waals surface area contributed by atoms with E-state index < -0.39 is 0 Å². The SMILES string of the molecule is C[C@]12CC=C3C=C4CC[C@@H]([N+](C)(C)[O-])C[C@]45CC[C@]3(O5)[C@@H]1CC[C@@H]2CCc1ccccc1. The lowest BCUT2D eigenvalue weighted by atomic mass is 9.58. The van der Waals surface area contributed by atoms with Crippen LogP contribution >= 0.6 is 0 Å². The molecule has 1 saturated heterocycles. The number of allylic oxidation sites excluding steroid dienone is 1. The van der Waals surface area contributed by atoms with Crippen molar-refractivity contribution in [3.8, 4) is 0 Å². The maximum absolute atomic E-state index is 12.8. The van der Waals surface area contributed by atoms with E-state index in [2.05, 4.69) is 49.4 Å². The van der Waals surface area contributed by atoms with E-state index in [-0.39, 0.29) is 21.9 Å². The zero-order valence-electron chi connectivity index (χ0n) is 20.1. The lowest BCUT2D eigenvalue weighted by Crippen LogP contribution is -2.57. The molecule has 6 atom stereocenters. The quantitative estimate of drug-likeness (QED) is 0.410. The van der Waals surface area contributed by atoms with Gasteiger partial charge in [-0.25, -0.2) is 0 Å². The summed E-state index contributed by atoms with van der Waals surface area (Å²) in [6.07, 6.45) is 16.6. The summed E-state index contributed by atoms with van der Waals surface area (Å²) in [5.41, 5.74) is 4.51. The van der Waals surface area contributed by atoms with Crippen LogP contribution in [0, 0.1) is 22.5 Å². The monoisotopic (exact) mass is 433 g/mol. The fourth-order valence-corrected chi connectivity index (χ4v) is 8.47. The smallest absolute Gasteiger partial charge is 0.0974 e. The highest BCUT2D eigenvalue weighted by molar-refractivity contribution is 5.47. The third-order valence-corrected chi connectivity index (χ3v) is 10.4. The van der Waals surface area contributed by atoms with Crippen molar-refractivity contribution in [1.29, 1.82) is 0 Å². The Labute approximate surface area is 193 Å². The summed E-state index contributed by atoms with van der Waals surface area (Å²) in [6.45, 7) is 2.57. The van der Waals surface area contributed by atoms with E-state index in [1.54, 1.807) is 0 Å². The van der Waals surface area contributed by atoms with Gasteiger partial charge in [0.15, 0.2) is 0 Å². The van der Waals surface area contributed by atoms with E-state index in [4.69, 9.17) is 4.74 Å². The predicted octanol–water partition coefficient (Wildman–Crippen LogP) is 6.34. The Morgan fingerprint density at radius 3 is 2.69 bits per heavy atom. The summed E-state index contributed by atoms with van der Waals surface area (Å²) in [7, 11) is 3.64. The molecule has 0 radical (unpaired) electrons. The Morgan fingerprint density at radius 1 is 1.09 bits per heavy atom. The molecular formula is C29H39NO2. The van der Waals surface area contributed by atoms with Gasteiger partial charge in [-0.05, 0) is 85.3 Å². The minimum Gasteiger partial charge on any atom is -0.633 e. The number of rotatable bonds is 4. The second-order valence-electron chi connectivity index (χ2n) is 12.2. The van der Waals surface area contributed by atoms with Crippen LogP contribution in [0.4, 0.5) is 0 Å². The van der Waals surface area contributed by atoms with Gasteiger partial charge < -0.3 is 14.6 Å². The molecule has 3 aliphatic carbocycles. The summed E-state index contributed by atoms with van der Waals surface area (Å²) < 4.78 is 7.13. The number of aryl methyl sites for hydroxylation is 1. The van der Waals surface area contributed by atoms with Crippen LogP contribution in [-0.4, -0.2) is 36.0 Å². The van der Waals surface area contributed by atoms with Gasteiger partial charge in [-0.1, -0.05) is 49.4 Å². The summed E-state index contributed by atoms with van der Waals surface area (Å²) in [4.78, 5) is 0. The van der Waals surface area contributed by atoms with E-state index in [1.807, 2.05) is 14.1 Å². The summed E-state index contributed by atoms with van der Waals surface area (Å²) >= 11 is 0. The molecular weight excluding hydrogens is 394 g/mol. The zero-order chi connectivity index (χ0) is 22.2. The van der Waals surface area contributed by atoms with Gasteiger partial charge in [-0.15, -0.1) is 0 Å². The maximum Gasteiger partial charge on any atom is 0.0974 e. The Hall–Kier alpha value is -1.42. The van der Waals surface area contributed by atoms with Crippen LogP contribution in [0.5, 0.6) is 0 Å². The second kappa shape index (κ2) is 7.04. The van der Waals surface area contributed by atoms with Crippen molar-refractivity contribution >= 4 is 0 Å². The highest BCUT2D eigenvalue weighted by Gasteiger charge is 2.66. The Morgan fingerprint density at radius 2 is 1.91 bits per heavy atom. The molecule has 2 spiro atoms. The Balaban J connectivity index is 1.28. The minimum atomic E-state index is -0.184. The van der Waals surface area contributed by atoms with Crippen molar-refractivity contribution in [2.24, 2.45) is 17.3 Å². The van der Waals surface area contributed by atoms with E-state index in [0.717, 1.165) is 38.0 Å². The van der Waals surface area contributed by atoms with Crippen molar-refractivity contribution in [2.75, 3.05) is 14.1 Å². The molecule has 0 amide bonds. The first-order valence-electron chi connectivity index (χ1n) is 13.0. The lowest BCUT2D eigenvalue weighted by Gasteiger charge is -2.55. The topological polar surface area (TPSA) is 32.3 Å². The van der Waals surface area contributed by atoms with E-state index in [9.17, 15) is 5.21 Å². The van der Waals surface area contributed by atoms with Gasteiger partial charge in [0.05, 0.1) is 31.3 Å². The van der Waals surface area contributed by atoms with Crippen LogP contribution in [-0.2, 0) is 11.2 Å². The van der Waals surface area contributed by atoms with E-state index in [1.165, 1.54) is 48.8 Å². The standard InChI is InChI=1S/C29H39NO2/c1-27-16-15-24-19-23-11-13-25(30(2,3)31)20-28(23)17-18-29(24,32-28)26(27)14-12-22(27)10-9-21-7-5-4-6-8-21/h4-8,15,19,22,25-26H,9-14,16-18,20H2,1-3H3/t22-,25+,26+,27+,28+,29+/m0/s1. The number of benzene rings is 1. The van der Waals surface area contributed by atoms with Crippen LogP contribution in [0.25, 0.3) is 0 Å². The average Bonchev–Trinajstić information content (AvgIpc) is 3.27. The predicted molar refractivity (Wildman–Crippen MR) is 129 cm³/mol. The van der Waals surface area contributed by atoms with Crippen molar-refractivity contribution < 1.29 is 9.38 Å². The molecule has 32 heavy (non-hydrogen) atoms. The molecule has 2 bridgehead atoms. The molecule has 1 aromatic rings. The van der Waals surface area contributed by atoms with Gasteiger partial charge >= 0.3 is 0 Å². The Kier molecular flexibility index (Phi) is 4.65. The molecule has 2 heterocycles. The largest absolute Gasteiger partial charge is 0.633 e. The lowest BCUT2D eigenvalue weighted by molar-refractivity contribution is -0.869. The van der Waals surface area contributed by atoms with Crippen LogP contribution in [0.3, 0.4) is 0 Å². The van der Waals surface area contributed by atoms with Crippen LogP contribution in [0.2, 0.25) is 0 Å². The number of ether oxygens (including phenoxy) is 1. The molecule has 6 rings (SSSR count). The third kappa shape index (κ3) is 2.97. The van der Waals surface area contributed by atoms with Gasteiger partial charge in [-0.2, -0.15) is 0 Å². The van der Waals surface area contributed by atoms with Crippen molar-refractivity contribution in [1.82, 2.24) is 0 Å². The Bertz CT molecular complexity index is 959. The normalized spacial score (nSPS) is 42.6. The van der Waals surface area contributed by atoms with Crippen LogP contribution < -0.4 is 0 Å². The van der Waals surface area contributed by atoms with Crippen molar-refractivity contribution in [3.63, 3.8) is 0 Å². The van der Waals surface area contributed by atoms with E-state index in [0.29, 0.717) is 11.3 Å². The number of nitrogens with zero attached hydrogens (tertiary/aromatic N) is 1.